The molecule has 4 heteroatoms. The number of carbonyl (C=O) groups excluding carboxylic acids is 1. The average molecular weight is 287 g/mol. The molecule has 0 aromatic carbocycles. The van der Waals surface area contributed by atoms with Gasteiger partial charge in [0, 0.05) is 38.4 Å². The van der Waals surface area contributed by atoms with Crippen LogP contribution in [0.1, 0.15) is 44.1 Å². The van der Waals surface area contributed by atoms with Crippen molar-refractivity contribution in [2.45, 2.75) is 38.5 Å². The third-order valence-corrected chi connectivity index (χ3v) is 5.24. The molecule has 1 N–H and O–H groups in total. The maximum atomic E-state index is 12.5. The van der Waals surface area contributed by atoms with E-state index < -0.39 is 0 Å². The smallest absolute Gasteiger partial charge is 0.223 e. The van der Waals surface area contributed by atoms with Gasteiger partial charge in [-0.05, 0) is 48.8 Å². The molecule has 2 fully saturated rings. The van der Waals surface area contributed by atoms with E-state index in [9.17, 15) is 4.79 Å². The molecule has 2 saturated heterocycles. The molecule has 1 aromatic rings. The molecule has 0 aliphatic carbocycles. The molecule has 1 unspecified atom stereocenters. The molecule has 0 bridgehead atoms. The predicted molar refractivity (Wildman–Crippen MR) is 83.0 cm³/mol. The van der Waals surface area contributed by atoms with Gasteiger partial charge in [0.2, 0.25) is 5.91 Å². The fourth-order valence-corrected chi connectivity index (χ4v) is 3.63. The monoisotopic (exact) mass is 287 g/mol. The number of likely N-dealkylation sites (tertiary alicyclic amines) is 1. The highest BCUT2D eigenvalue weighted by Gasteiger charge is 2.38. The zero-order valence-corrected chi connectivity index (χ0v) is 12.8. The SMILES string of the molecule is CC(CC(=O)N1CCC2(CCNC2)CC1)c1cccnc1. The van der Waals surface area contributed by atoms with Gasteiger partial charge in [-0.1, -0.05) is 13.0 Å². The van der Waals surface area contributed by atoms with E-state index in [2.05, 4.69) is 28.2 Å². The highest BCUT2D eigenvalue weighted by molar-refractivity contribution is 5.77. The minimum atomic E-state index is 0.246. The number of amides is 1. The van der Waals surface area contributed by atoms with Crippen LogP contribution in [-0.4, -0.2) is 42.0 Å². The summed E-state index contributed by atoms with van der Waals surface area (Å²) in [5.41, 5.74) is 1.63. The van der Waals surface area contributed by atoms with E-state index in [1.165, 1.54) is 6.42 Å². The van der Waals surface area contributed by atoms with Crippen LogP contribution in [0.3, 0.4) is 0 Å². The molecular formula is C17H25N3O. The Morgan fingerprint density at radius 2 is 2.24 bits per heavy atom. The van der Waals surface area contributed by atoms with Crippen molar-refractivity contribution >= 4 is 5.91 Å². The fourth-order valence-electron chi connectivity index (χ4n) is 3.63. The molecule has 114 valence electrons. The summed E-state index contributed by atoms with van der Waals surface area (Å²) in [6.45, 7) is 6.26. The lowest BCUT2D eigenvalue weighted by molar-refractivity contribution is -0.133. The fraction of sp³-hybridized carbons (Fsp3) is 0.647. The van der Waals surface area contributed by atoms with E-state index >= 15 is 0 Å². The Bertz CT molecular complexity index is 472. The number of aromatic nitrogens is 1. The van der Waals surface area contributed by atoms with Crippen molar-refractivity contribution < 1.29 is 4.79 Å². The zero-order valence-electron chi connectivity index (χ0n) is 12.8. The van der Waals surface area contributed by atoms with Gasteiger partial charge in [0.05, 0.1) is 0 Å². The molecule has 0 radical (unpaired) electrons. The van der Waals surface area contributed by atoms with Crippen molar-refractivity contribution in [3.8, 4) is 0 Å². The van der Waals surface area contributed by atoms with Gasteiger partial charge in [-0.25, -0.2) is 0 Å². The normalized spacial score (nSPS) is 22.4. The molecule has 0 saturated carbocycles. The third-order valence-electron chi connectivity index (χ3n) is 5.24. The number of hydrogen-bond acceptors (Lipinski definition) is 3. The van der Waals surface area contributed by atoms with Crippen molar-refractivity contribution in [2.24, 2.45) is 5.41 Å². The summed E-state index contributed by atoms with van der Waals surface area (Å²) in [7, 11) is 0. The molecule has 1 aromatic heterocycles. The first-order valence-corrected chi connectivity index (χ1v) is 8.07. The van der Waals surface area contributed by atoms with Gasteiger partial charge < -0.3 is 10.2 Å². The molecular weight excluding hydrogens is 262 g/mol. The van der Waals surface area contributed by atoms with E-state index in [0.717, 1.165) is 44.6 Å². The Balaban J connectivity index is 1.52. The largest absolute Gasteiger partial charge is 0.343 e. The molecule has 3 heterocycles. The number of pyridine rings is 1. The Morgan fingerprint density at radius 1 is 1.43 bits per heavy atom. The lowest BCUT2D eigenvalue weighted by Gasteiger charge is -2.39. The van der Waals surface area contributed by atoms with Crippen LogP contribution in [0.5, 0.6) is 0 Å². The Hall–Kier alpha value is -1.42. The van der Waals surface area contributed by atoms with Gasteiger partial charge in [0.25, 0.3) is 0 Å². The third kappa shape index (κ3) is 3.26. The molecule has 1 spiro atoms. The zero-order chi connectivity index (χ0) is 14.7. The maximum absolute atomic E-state index is 12.5. The first kappa shape index (κ1) is 14.5. The van der Waals surface area contributed by atoms with Crippen LogP contribution >= 0.6 is 0 Å². The number of nitrogens with one attached hydrogen (secondary N) is 1. The molecule has 1 atom stereocenters. The lowest BCUT2D eigenvalue weighted by atomic mass is 9.77. The van der Waals surface area contributed by atoms with Crippen molar-refractivity contribution in [1.29, 1.82) is 0 Å². The van der Waals surface area contributed by atoms with Gasteiger partial charge in [-0.3, -0.25) is 9.78 Å². The van der Waals surface area contributed by atoms with E-state index in [0.29, 0.717) is 17.7 Å². The van der Waals surface area contributed by atoms with Crippen LogP contribution in [0.25, 0.3) is 0 Å². The van der Waals surface area contributed by atoms with Crippen molar-refractivity contribution in [2.75, 3.05) is 26.2 Å². The minimum absolute atomic E-state index is 0.246. The molecule has 3 rings (SSSR count). The topological polar surface area (TPSA) is 45.2 Å². The average Bonchev–Trinajstić information content (AvgIpc) is 2.97. The summed E-state index contributed by atoms with van der Waals surface area (Å²) in [4.78, 5) is 18.7. The first-order valence-electron chi connectivity index (χ1n) is 8.07. The Labute approximate surface area is 126 Å². The first-order chi connectivity index (χ1) is 10.2. The van der Waals surface area contributed by atoms with Crippen LogP contribution in [0.2, 0.25) is 0 Å². The van der Waals surface area contributed by atoms with Crippen LogP contribution in [-0.2, 0) is 4.79 Å². The van der Waals surface area contributed by atoms with Crippen molar-refractivity contribution in [3.63, 3.8) is 0 Å². The second-order valence-electron chi connectivity index (χ2n) is 6.70. The van der Waals surface area contributed by atoms with E-state index in [1.807, 2.05) is 12.3 Å². The van der Waals surface area contributed by atoms with Gasteiger partial charge in [-0.15, -0.1) is 0 Å². The predicted octanol–water partition coefficient (Wildman–Crippen LogP) is 2.18. The van der Waals surface area contributed by atoms with Crippen molar-refractivity contribution in [1.82, 2.24) is 15.2 Å². The quantitative estimate of drug-likeness (QED) is 0.927. The van der Waals surface area contributed by atoms with Crippen molar-refractivity contribution in [3.05, 3.63) is 30.1 Å². The summed E-state index contributed by atoms with van der Waals surface area (Å²) < 4.78 is 0. The second-order valence-corrected chi connectivity index (χ2v) is 6.70. The highest BCUT2D eigenvalue weighted by atomic mass is 16.2. The Morgan fingerprint density at radius 3 is 2.86 bits per heavy atom. The van der Waals surface area contributed by atoms with Crippen LogP contribution in [0.4, 0.5) is 0 Å². The summed E-state index contributed by atoms with van der Waals surface area (Å²) in [5, 5.41) is 3.47. The molecule has 2 aliphatic rings. The lowest BCUT2D eigenvalue weighted by Crippen LogP contribution is -2.44. The number of carbonyl (C=O) groups is 1. The summed E-state index contributed by atoms with van der Waals surface area (Å²) in [6, 6.07) is 3.99. The number of piperidine rings is 1. The van der Waals surface area contributed by atoms with Crippen LogP contribution in [0.15, 0.2) is 24.5 Å². The van der Waals surface area contributed by atoms with Gasteiger partial charge in [-0.2, -0.15) is 0 Å². The molecule has 1 amide bonds. The number of rotatable bonds is 3. The standard InChI is InChI=1S/C17H25N3O/c1-14(15-3-2-7-18-12-15)11-16(21)20-9-5-17(6-10-20)4-8-19-13-17/h2-3,7,12,14,19H,4-6,8-11,13H2,1H3. The minimum Gasteiger partial charge on any atom is -0.343 e. The molecule has 2 aliphatic heterocycles. The maximum Gasteiger partial charge on any atom is 0.223 e. The summed E-state index contributed by atoms with van der Waals surface area (Å²) in [5.74, 6) is 0.544. The van der Waals surface area contributed by atoms with Gasteiger partial charge in [0.15, 0.2) is 0 Å². The molecule has 21 heavy (non-hydrogen) atoms. The van der Waals surface area contributed by atoms with Crippen LogP contribution in [0, 0.1) is 5.41 Å². The molecule has 4 nitrogen and oxygen atoms in total. The van der Waals surface area contributed by atoms with Gasteiger partial charge in [0.1, 0.15) is 0 Å². The summed E-state index contributed by atoms with van der Waals surface area (Å²) >= 11 is 0. The van der Waals surface area contributed by atoms with E-state index in [4.69, 9.17) is 0 Å². The second kappa shape index (κ2) is 6.14. The van der Waals surface area contributed by atoms with Gasteiger partial charge >= 0.3 is 0 Å². The number of nitrogens with zero attached hydrogens (tertiary/aromatic N) is 2. The number of hydrogen-bond donors (Lipinski definition) is 1. The summed E-state index contributed by atoms with van der Waals surface area (Å²) in [6.07, 6.45) is 7.84. The van der Waals surface area contributed by atoms with Crippen LogP contribution < -0.4 is 5.32 Å². The van der Waals surface area contributed by atoms with E-state index in [-0.39, 0.29) is 5.92 Å². The van der Waals surface area contributed by atoms with E-state index in [1.54, 1.807) is 6.20 Å². The Kier molecular flexibility index (Phi) is 4.24. The highest BCUT2D eigenvalue weighted by Crippen LogP contribution is 2.37.